The molecule has 2 aromatic carbocycles. The van der Waals surface area contributed by atoms with Gasteiger partial charge in [-0.05, 0) is 183 Å². The van der Waals surface area contributed by atoms with Crippen LogP contribution in [0.1, 0.15) is 172 Å². The SMILES string of the molecule is CC[C@@]12CC[C@](O)(C(C)CC(F)(F)F)C[C@@H]1CCCc1cc(C(=O)Cc3cccnc3C)ccc12.CC[C@@]12CC[C@](O)(C(C)CC(F)(F)F)C[C@@H]1CCCc1cc(C(=O)OC)ccc12. The number of ketones is 1. The number of hydrogen-bond acceptors (Lipinski definition) is 6. The van der Waals surface area contributed by atoms with Crippen LogP contribution < -0.4 is 0 Å². The molecule has 3 aromatic rings. The number of rotatable bonds is 10. The van der Waals surface area contributed by atoms with E-state index in [1.807, 2.05) is 43.3 Å². The Morgan fingerprint density at radius 2 is 1.22 bits per heavy atom. The first-order chi connectivity index (χ1) is 30.0. The van der Waals surface area contributed by atoms with Gasteiger partial charge in [-0.2, -0.15) is 26.3 Å². The number of nitrogens with zero attached hydrogens (tertiary/aromatic N) is 1. The number of alkyl halides is 6. The number of esters is 1. The van der Waals surface area contributed by atoms with Crippen LogP contribution in [0, 0.1) is 30.6 Å². The Labute approximate surface area is 375 Å². The van der Waals surface area contributed by atoms with Crippen LogP contribution in [0.3, 0.4) is 0 Å². The molecule has 1 heterocycles. The van der Waals surface area contributed by atoms with E-state index in [1.54, 1.807) is 19.2 Å². The van der Waals surface area contributed by atoms with Gasteiger partial charge >= 0.3 is 18.3 Å². The van der Waals surface area contributed by atoms with Gasteiger partial charge in [-0.15, -0.1) is 0 Å². The summed E-state index contributed by atoms with van der Waals surface area (Å²) < 4.78 is 83.0. The fraction of sp³-hybridized carbons (Fsp3) is 0.635. The van der Waals surface area contributed by atoms with Crippen LogP contribution in [0.25, 0.3) is 0 Å². The Balaban J connectivity index is 0.000000216. The number of benzene rings is 2. The van der Waals surface area contributed by atoms with E-state index in [-0.39, 0.29) is 34.4 Å². The molecule has 2 fully saturated rings. The summed E-state index contributed by atoms with van der Waals surface area (Å²) in [6.07, 6.45) is 1.42. The van der Waals surface area contributed by atoms with Crippen molar-refractivity contribution in [2.24, 2.45) is 23.7 Å². The Bertz CT molecular complexity index is 2140. The second-order valence-electron chi connectivity index (χ2n) is 19.8. The topological polar surface area (TPSA) is 96.7 Å². The van der Waals surface area contributed by atoms with Crippen LogP contribution in [0.5, 0.6) is 0 Å². The zero-order valence-corrected chi connectivity index (χ0v) is 38.4. The number of fused-ring (bicyclic) bond motifs is 6. The quantitative estimate of drug-likeness (QED) is 0.120. The summed E-state index contributed by atoms with van der Waals surface area (Å²) in [5.41, 5.74) is 4.84. The van der Waals surface area contributed by atoms with Gasteiger partial charge in [0, 0.05) is 36.7 Å². The van der Waals surface area contributed by atoms with Gasteiger partial charge in [-0.1, -0.05) is 52.0 Å². The summed E-state index contributed by atoms with van der Waals surface area (Å²) in [6, 6.07) is 15.5. The molecule has 0 bridgehead atoms. The molecule has 2 N–H and O–H groups in total. The summed E-state index contributed by atoms with van der Waals surface area (Å²) in [5, 5.41) is 22.5. The molecule has 8 atom stereocenters. The number of aliphatic hydroxyl groups is 2. The largest absolute Gasteiger partial charge is 0.465 e. The molecular formula is C52H67F6NO5. The molecule has 4 aliphatic carbocycles. The number of halogens is 6. The highest BCUT2D eigenvalue weighted by atomic mass is 19.4. The number of aromatic nitrogens is 1. The first-order valence-electron chi connectivity index (χ1n) is 23.4. The molecule has 4 aliphatic rings. The lowest BCUT2D eigenvalue weighted by Gasteiger charge is -2.52. The average Bonchev–Trinajstić information content (AvgIpc) is 3.50. The highest BCUT2D eigenvalue weighted by Crippen LogP contribution is 2.57. The van der Waals surface area contributed by atoms with Crippen molar-refractivity contribution >= 4 is 11.8 Å². The maximum Gasteiger partial charge on any atom is 0.389 e. The van der Waals surface area contributed by atoms with Crippen LogP contribution in [-0.2, 0) is 34.8 Å². The van der Waals surface area contributed by atoms with Gasteiger partial charge in [0.1, 0.15) is 0 Å². The zero-order chi connectivity index (χ0) is 46.9. The number of pyridine rings is 1. The molecule has 6 nitrogen and oxygen atoms in total. The molecule has 1 aromatic heterocycles. The minimum Gasteiger partial charge on any atom is -0.465 e. The van der Waals surface area contributed by atoms with Crippen molar-refractivity contribution in [3.63, 3.8) is 0 Å². The number of carbonyl (C=O) groups excluding carboxylic acids is 2. The number of hydrogen-bond donors (Lipinski definition) is 2. The smallest absolute Gasteiger partial charge is 0.389 e. The molecule has 352 valence electrons. The van der Waals surface area contributed by atoms with Crippen molar-refractivity contribution in [2.75, 3.05) is 7.11 Å². The summed E-state index contributed by atoms with van der Waals surface area (Å²) in [6.45, 7) is 9.25. The van der Waals surface area contributed by atoms with E-state index in [4.69, 9.17) is 4.74 Å². The van der Waals surface area contributed by atoms with E-state index in [1.165, 1.54) is 30.7 Å². The first kappa shape index (κ1) is 49.7. The van der Waals surface area contributed by atoms with Crippen LogP contribution in [0.2, 0.25) is 0 Å². The Morgan fingerprint density at radius 1 is 0.750 bits per heavy atom. The van der Waals surface area contributed by atoms with E-state index in [0.29, 0.717) is 56.1 Å². The van der Waals surface area contributed by atoms with E-state index >= 15 is 0 Å². The molecule has 2 saturated carbocycles. The summed E-state index contributed by atoms with van der Waals surface area (Å²) in [7, 11) is 1.36. The molecule has 0 aliphatic heterocycles. The highest BCUT2D eigenvalue weighted by Gasteiger charge is 2.54. The molecular weight excluding hydrogens is 833 g/mol. The van der Waals surface area contributed by atoms with Crippen molar-refractivity contribution in [3.8, 4) is 0 Å². The first-order valence-corrected chi connectivity index (χ1v) is 23.4. The lowest BCUT2D eigenvalue weighted by Crippen LogP contribution is -2.51. The average molecular weight is 900 g/mol. The summed E-state index contributed by atoms with van der Waals surface area (Å²) in [5.74, 6) is -1.68. The Morgan fingerprint density at radius 3 is 1.66 bits per heavy atom. The monoisotopic (exact) mass is 899 g/mol. The number of ether oxygens (including phenoxy) is 1. The minimum atomic E-state index is -4.28. The Hall–Kier alpha value is -3.77. The maximum absolute atomic E-state index is 13.1. The van der Waals surface area contributed by atoms with Crippen molar-refractivity contribution in [2.45, 2.75) is 178 Å². The predicted octanol–water partition coefficient (Wildman–Crippen LogP) is 12.5. The van der Waals surface area contributed by atoms with Crippen LogP contribution in [0.15, 0.2) is 54.7 Å². The lowest BCUT2D eigenvalue weighted by molar-refractivity contribution is -0.173. The van der Waals surface area contributed by atoms with Crippen LogP contribution in [-0.4, -0.2) is 57.6 Å². The van der Waals surface area contributed by atoms with E-state index < -0.39 is 48.2 Å². The third kappa shape index (κ3) is 10.4. The second kappa shape index (κ2) is 19.2. The van der Waals surface area contributed by atoms with Crippen molar-refractivity contribution in [1.29, 1.82) is 0 Å². The highest BCUT2D eigenvalue weighted by molar-refractivity contribution is 5.98. The number of aryl methyl sites for hydroxylation is 3. The van der Waals surface area contributed by atoms with E-state index in [9.17, 15) is 46.1 Å². The van der Waals surface area contributed by atoms with E-state index in [2.05, 4.69) is 24.9 Å². The molecule has 0 radical (unpaired) electrons. The molecule has 0 saturated heterocycles. The van der Waals surface area contributed by atoms with Crippen molar-refractivity contribution < 1.29 is 50.9 Å². The molecule has 7 rings (SSSR count). The normalized spacial score (nSPS) is 28.9. The minimum absolute atomic E-state index is 0.0641. The molecule has 0 amide bonds. The van der Waals surface area contributed by atoms with Crippen molar-refractivity contribution in [3.05, 3.63) is 99.4 Å². The van der Waals surface area contributed by atoms with Crippen molar-refractivity contribution in [1.82, 2.24) is 4.98 Å². The Kier molecular flexibility index (Phi) is 14.9. The molecule has 64 heavy (non-hydrogen) atoms. The molecule has 12 heteroatoms. The van der Waals surface area contributed by atoms with Gasteiger partial charge in [0.25, 0.3) is 0 Å². The maximum atomic E-state index is 13.1. The van der Waals surface area contributed by atoms with Crippen LogP contribution in [0.4, 0.5) is 26.3 Å². The fourth-order valence-electron chi connectivity index (χ4n) is 12.5. The van der Waals surface area contributed by atoms with Gasteiger partial charge in [0.05, 0.1) is 23.9 Å². The third-order valence-electron chi connectivity index (χ3n) is 16.4. The second-order valence-corrected chi connectivity index (χ2v) is 19.8. The fourth-order valence-corrected chi connectivity index (χ4v) is 12.5. The standard InChI is InChI=1S/C29H36F3NO2.C23H31F3O3/c1-4-27-12-13-28(35,19(2)17-29(30,31)32)18-24(27)9-5-7-22-15-23(10-11-25(22)27)26(34)16-21-8-6-14-33-20(21)3;1-4-21-10-11-22(28,15(2)13-23(24,25)26)14-18(21)7-5-6-16-12-17(20(27)29-3)8-9-19(16)21/h6,8,10-11,14-15,19,24,35H,4-5,7,9,12-13,16-18H2,1-3H3;8-9,12,15,18,28H,4-7,10-11,13-14H2,1-3H3/t19?,24-,27+,28+;15?,18-,21+,22+/m00/s1. The third-order valence-corrected chi connectivity index (χ3v) is 16.4. The van der Waals surface area contributed by atoms with Gasteiger partial charge in [0.2, 0.25) is 0 Å². The van der Waals surface area contributed by atoms with E-state index in [0.717, 1.165) is 68.2 Å². The summed E-state index contributed by atoms with van der Waals surface area (Å²) >= 11 is 0. The number of carbonyl (C=O) groups is 2. The van der Waals surface area contributed by atoms with Gasteiger partial charge in [0.15, 0.2) is 5.78 Å². The number of Topliss-reactive ketones (excluding diaryl/α,β-unsaturated/α-hetero) is 1. The van der Waals surface area contributed by atoms with Gasteiger partial charge in [-0.25, -0.2) is 4.79 Å². The van der Waals surface area contributed by atoms with Gasteiger partial charge in [-0.3, -0.25) is 9.78 Å². The number of methoxy groups -OCH3 is 1. The lowest BCUT2D eigenvalue weighted by atomic mass is 9.55. The predicted molar refractivity (Wildman–Crippen MR) is 235 cm³/mol. The summed E-state index contributed by atoms with van der Waals surface area (Å²) in [4.78, 5) is 29.3. The van der Waals surface area contributed by atoms with Crippen LogP contribution >= 0.6 is 0 Å². The zero-order valence-electron chi connectivity index (χ0n) is 38.4. The molecule has 0 spiro atoms. The van der Waals surface area contributed by atoms with Gasteiger partial charge < -0.3 is 14.9 Å². The molecule has 2 unspecified atom stereocenters.